The van der Waals surface area contributed by atoms with E-state index in [0.29, 0.717) is 0 Å². The maximum atomic E-state index is 12.1. The number of nitrogens with one attached hydrogen (secondary N) is 1. The highest BCUT2D eigenvalue weighted by atomic mass is 19.4. The molecule has 1 fully saturated rings. The SMILES string of the molecule is N#CC1C[C](C(F)(F)F)CCN1. The van der Waals surface area contributed by atoms with Gasteiger partial charge >= 0.3 is 6.18 Å². The van der Waals surface area contributed by atoms with Crippen LogP contribution in [0.15, 0.2) is 0 Å². The fourth-order valence-electron chi connectivity index (χ4n) is 1.17. The molecule has 1 N–H and O–H groups in total. The number of hydrogen-bond donors (Lipinski definition) is 1. The van der Waals surface area contributed by atoms with E-state index in [2.05, 4.69) is 5.32 Å². The van der Waals surface area contributed by atoms with E-state index in [1.54, 1.807) is 6.07 Å². The molecule has 2 nitrogen and oxygen atoms in total. The molecule has 67 valence electrons. The van der Waals surface area contributed by atoms with Crippen molar-refractivity contribution in [1.82, 2.24) is 5.32 Å². The standard InChI is InChI=1S/C7H8F3N2/c8-7(9,10)5-1-2-12-6(3-5)4-11/h6,12H,1-3H2. The van der Waals surface area contributed by atoms with Crippen molar-refractivity contribution in [2.24, 2.45) is 0 Å². The van der Waals surface area contributed by atoms with Gasteiger partial charge in [-0.3, -0.25) is 0 Å². The number of alkyl halides is 3. The van der Waals surface area contributed by atoms with Gasteiger partial charge in [0, 0.05) is 0 Å². The molecule has 0 amide bonds. The largest absolute Gasteiger partial charge is 0.395 e. The molecule has 1 aliphatic rings. The maximum absolute atomic E-state index is 12.1. The third-order valence-electron chi connectivity index (χ3n) is 1.82. The van der Waals surface area contributed by atoms with Crippen LogP contribution < -0.4 is 5.32 Å². The molecule has 1 radical (unpaired) electrons. The highest BCUT2D eigenvalue weighted by Gasteiger charge is 2.42. The lowest BCUT2D eigenvalue weighted by Crippen LogP contribution is -2.40. The highest BCUT2D eigenvalue weighted by Crippen LogP contribution is 2.35. The Kier molecular flexibility index (Phi) is 2.58. The van der Waals surface area contributed by atoms with Gasteiger partial charge < -0.3 is 5.32 Å². The van der Waals surface area contributed by atoms with E-state index in [9.17, 15) is 13.2 Å². The molecule has 1 unspecified atom stereocenters. The summed E-state index contributed by atoms with van der Waals surface area (Å²) in [6.45, 7) is 0.243. The molecule has 0 aromatic carbocycles. The van der Waals surface area contributed by atoms with Gasteiger partial charge in [-0.05, 0) is 19.4 Å². The summed E-state index contributed by atoms with van der Waals surface area (Å²) < 4.78 is 36.2. The molecule has 0 bridgehead atoms. The van der Waals surface area contributed by atoms with Crippen LogP contribution in [0.2, 0.25) is 0 Å². The van der Waals surface area contributed by atoms with Crippen molar-refractivity contribution in [3.05, 3.63) is 5.92 Å². The second-order valence-corrected chi connectivity index (χ2v) is 2.69. The van der Waals surface area contributed by atoms with E-state index in [4.69, 9.17) is 5.26 Å². The van der Waals surface area contributed by atoms with Gasteiger partial charge in [-0.2, -0.15) is 18.4 Å². The van der Waals surface area contributed by atoms with Crippen molar-refractivity contribution in [3.8, 4) is 6.07 Å². The second-order valence-electron chi connectivity index (χ2n) is 2.69. The molecule has 0 aromatic rings. The van der Waals surface area contributed by atoms with Crippen LogP contribution in [0.5, 0.6) is 0 Å². The van der Waals surface area contributed by atoms with Crippen molar-refractivity contribution < 1.29 is 13.2 Å². The normalized spacial score (nSPS) is 26.7. The lowest BCUT2D eigenvalue weighted by Gasteiger charge is -2.27. The summed E-state index contributed by atoms with van der Waals surface area (Å²) in [6.07, 6.45) is -4.42. The minimum absolute atomic E-state index is 0.00167. The summed E-state index contributed by atoms with van der Waals surface area (Å²) in [6, 6.07) is 1.10. The van der Waals surface area contributed by atoms with Crippen LogP contribution in [0.25, 0.3) is 0 Å². The Hall–Kier alpha value is -0.760. The Morgan fingerprint density at radius 1 is 1.50 bits per heavy atom. The first-order valence-electron chi connectivity index (χ1n) is 3.59. The number of nitriles is 1. The van der Waals surface area contributed by atoms with E-state index in [1.807, 2.05) is 0 Å². The van der Waals surface area contributed by atoms with Crippen LogP contribution in [0.4, 0.5) is 13.2 Å². The third kappa shape index (κ3) is 2.11. The molecule has 12 heavy (non-hydrogen) atoms. The van der Waals surface area contributed by atoms with Crippen molar-refractivity contribution >= 4 is 0 Å². The molecule has 0 saturated carbocycles. The summed E-state index contributed by atoms with van der Waals surface area (Å²) in [7, 11) is 0. The van der Waals surface area contributed by atoms with E-state index in [1.165, 1.54) is 0 Å². The topological polar surface area (TPSA) is 35.8 Å². The molecule has 0 spiro atoms. The van der Waals surface area contributed by atoms with Crippen LogP contribution in [-0.2, 0) is 0 Å². The van der Waals surface area contributed by atoms with Gasteiger partial charge in [0.05, 0.1) is 18.0 Å². The summed E-state index contributed by atoms with van der Waals surface area (Å²) in [4.78, 5) is 0. The Morgan fingerprint density at radius 2 is 2.17 bits per heavy atom. The number of halogens is 3. The molecule has 1 atom stereocenters. The van der Waals surface area contributed by atoms with Crippen LogP contribution in [0.1, 0.15) is 12.8 Å². The predicted molar refractivity (Wildman–Crippen MR) is 35.9 cm³/mol. The third-order valence-corrected chi connectivity index (χ3v) is 1.82. The van der Waals surface area contributed by atoms with Gasteiger partial charge in [0.1, 0.15) is 0 Å². The summed E-state index contributed by atoms with van der Waals surface area (Å²) in [5.74, 6) is -0.479. The van der Waals surface area contributed by atoms with Crippen molar-refractivity contribution in [2.45, 2.75) is 25.1 Å². The number of hydrogen-bond acceptors (Lipinski definition) is 2. The zero-order valence-corrected chi connectivity index (χ0v) is 6.28. The lowest BCUT2D eigenvalue weighted by molar-refractivity contribution is -0.121. The van der Waals surface area contributed by atoms with Crippen molar-refractivity contribution in [2.75, 3.05) is 6.54 Å². The second kappa shape index (κ2) is 3.31. The molecule has 1 rings (SSSR count). The molecule has 5 heteroatoms. The van der Waals surface area contributed by atoms with Gasteiger partial charge in [-0.15, -0.1) is 0 Å². The first-order valence-corrected chi connectivity index (χ1v) is 3.59. The number of piperidine rings is 1. The van der Waals surface area contributed by atoms with E-state index in [-0.39, 0.29) is 19.4 Å². The first-order chi connectivity index (χ1) is 5.54. The van der Waals surface area contributed by atoms with Gasteiger partial charge in [0.25, 0.3) is 0 Å². The van der Waals surface area contributed by atoms with Gasteiger partial charge in [0.2, 0.25) is 0 Å². The van der Waals surface area contributed by atoms with Gasteiger partial charge in [-0.1, -0.05) is 0 Å². The summed E-state index contributed by atoms with van der Waals surface area (Å²) >= 11 is 0. The fraction of sp³-hybridized carbons (Fsp3) is 0.714. The Balaban J connectivity index is 2.53. The van der Waals surface area contributed by atoms with Crippen LogP contribution >= 0.6 is 0 Å². The molecule has 0 aliphatic carbocycles. The highest BCUT2D eigenvalue weighted by molar-refractivity contribution is 5.09. The average Bonchev–Trinajstić information content (AvgIpc) is 2.03. The Labute approximate surface area is 68.4 Å². The molecule has 0 aromatic heterocycles. The van der Waals surface area contributed by atoms with Crippen LogP contribution in [-0.4, -0.2) is 18.8 Å². The van der Waals surface area contributed by atoms with Gasteiger partial charge in [0.15, 0.2) is 0 Å². The fourth-order valence-corrected chi connectivity index (χ4v) is 1.17. The summed E-state index contributed by atoms with van der Waals surface area (Å²) in [5.41, 5.74) is 0. The number of rotatable bonds is 0. The zero-order valence-electron chi connectivity index (χ0n) is 6.28. The number of nitrogens with zero attached hydrogens (tertiary/aromatic N) is 1. The lowest BCUT2D eigenvalue weighted by atomic mass is 9.93. The van der Waals surface area contributed by atoms with Crippen molar-refractivity contribution in [1.29, 1.82) is 5.26 Å². The average molecular weight is 177 g/mol. The van der Waals surface area contributed by atoms with Crippen LogP contribution in [0.3, 0.4) is 0 Å². The maximum Gasteiger partial charge on any atom is 0.395 e. The summed E-state index contributed by atoms with van der Waals surface area (Å²) in [5, 5.41) is 11.1. The Morgan fingerprint density at radius 3 is 2.67 bits per heavy atom. The molecule has 1 aliphatic heterocycles. The minimum atomic E-state index is -4.22. The Bertz CT molecular complexity index is 194. The molecular weight excluding hydrogens is 169 g/mol. The van der Waals surface area contributed by atoms with E-state index < -0.39 is 18.1 Å². The van der Waals surface area contributed by atoms with Gasteiger partial charge in [-0.25, -0.2) is 0 Å². The molecular formula is C7H8F3N2. The molecule has 1 saturated heterocycles. The van der Waals surface area contributed by atoms with E-state index in [0.717, 1.165) is 0 Å². The molecule has 1 heterocycles. The zero-order chi connectivity index (χ0) is 9.19. The monoisotopic (exact) mass is 177 g/mol. The quantitative estimate of drug-likeness (QED) is 0.607. The smallest absolute Gasteiger partial charge is 0.302 e. The predicted octanol–water partition coefficient (Wildman–Crippen LogP) is 1.40. The van der Waals surface area contributed by atoms with Crippen molar-refractivity contribution in [3.63, 3.8) is 0 Å². The van der Waals surface area contributed by atoms with Crippen LogP contribution in [0, 0.1) is 17.2 Å². The minimum Gasteiger partial charge on any atom is -0.302 e. The first kappa shape index (κ1) is 9.33. The van der Waals surface area contributed by atoms with E-state index >= 15 is 0 Å².